The fourth-order valence-corrected chi connectivity index (χ4v) is 2.88. The first-order valence-corrected chi connectivity index (χ1v) is 6.29. The zero-order chi connectivity index (χ0) is 13.4. The van der Waals surface area contributed by atoms with Gasteiger partial charge in [-0.2, -0.15) is 5.26 Å². The highest BCUT2D eigenvalue weighted by molar-refractivity contribution is 7.10. The molecule has 0 unspecified atom stereocenters. The van der Waals surface area contributed by atoms with Crippen LogP contribution in [0.4, 0.5) is 0 Å². The first kappa shape index (κ1) is 11.5. The Bertz CT molecular complexity index is 755. The van der Waals surface area contributed by atoms with E-state index in [1.54, 1.807) is 0 Å². The predicted octanol–water partition coefficient (Wildman–Crippen LogP) is 1.05. The summed E-state index contributed by atoms with van der Waals surface area (Å²) in [5, 5.41) is 11.1. The van der Waals surface area contributed by atoms with Crippen LogP contribution in [-0.2, 0) is 0 Å². The van der Waals surface area contributed by atoms with Crippen molar-refractivity contribution in [3.8, 4) is 11.9 Å². The van der Waals surface area contributed by atoms with Crippen molar-refractivity contribution in [1.29, 1.82) is 5.26 Å². The van der Waals surface area contributed by atoms with E-state index in [2.05, 4.69) is 9.97 Å². The standard InChI is InChI=1S/C12H8N4O2S/c13-4-6-8(7-2-1-3-19-7)9-11(17)15-5-16-12(9)18-10(6)14/h1-3,5,8H,14H2,(H,15,16,17)/t8-/m1/s1. The number of aromatic nitrogens is 2. The van der Waals surface area contributed by atoms with Crippen LogP contribution in [0.2, 0.25) is 0 Å². The lowest BCUT2D eigenvalue weighted by Gasteiger charge is -2.22. The minimum atomic E-state index is -0.522. The fraction of sp³-hybridized carbons (Fsp3) is 0.0833. The summed E-state index contributed by atoms with van der Waals surface area (Å²) in [6.45, 7) is 0. The minimum absolute atomic E-state index is 0.00787. The molecular weight excluding hydrogens is 264 g/mol. The van der Waals surface area contributed by atoms with E-state index < -0.39 is 5.92 Å². The molecule has 1 atom stereocenters. The van der Waals surface area contributed by atoms with E-state index in [-0.39, 0.29) is 22.9 Å². The number of H-pyrrole nitrogens is 1. The molecule has 0 radical (unpaired) electrons. The van der Waals surface area contributed by atoms with Gasteiger partial charge in [-0.25, -0.2) is 4.98 Å². The average Bonchev–Trinajstić information content (AvgIpc) is 2.91. The van der Waals surface area contributed by atoms with Crippen LogP contribution in [-0.4, -0.2) is 9.97 Å². The lowest BCUT2D eigenvalue weighted by atomic mass is 9.90. The largest absolute Gasteiger partial charge is 0.422 e. The molecule has 0 saturated heterocycles. The summed E-state index contributed by atoms with van der Waals surface area (Å²) in [4.78, 5) is 19.3. The van der Waals surface area contributed by atoms with Gasteiger partial charge < -0.3 is 15.5 Å². The first-order chi connectivity index (χ1) is 9.22. The summed E-state index contributed by atoms with van der Waals surface area (Å²) in [5.74, 6) is -0.378. The van der Waals surface area contributed by atoms with Crippen molar-refractivity contribution in [3.63, 3.8) is 0 Å². The molecule has 3 rings (SSSR count). The van der Waals surface area contributed by atoms with Crippen molar-refractivity contribution >= 4 is 11.3 Å². The van der Waals surface area contributed by atoms with Crippen LogP contribution < -0.4 is 16.0 Å². The van der Waals surface area contributed by atoms with Crippen LogP contribution in [0.1, 0.15) is 16.4 Å². The number of thiophene rings is 1. The third-order valence-corrected chi connectivity index (χ3v) is 3.79. The van der Waals surface area contributed by atoms with E-state index in [0.29, 0.717) is 5.56 Å². The van der Waals surface area contributed by atoms with Crippen LogP contribution >= 0.6 is 11.3 Å². The van der Waals surface area contributed by atoms with Gasteiger partial charge in [0.2, 0.25) is 11.8 Å². The van der Waals surface area contributed by atoms with Crippen molar-refractivity contribution in [2.45, 2.75) is 5.92 Å². The molecule has 6 nitrogen and oxygen atoms in total. The topological polar surface area (TPSA) is 105 Å². The number of rotatable bonds is 1. The van der Waals surface area contributed by atoms with E-state index >= 15 is 0 Å². The highest BCUT2D eigenvalue weighted by Gasteiger charge is 2.34. The molecule has 2 aromatic heterocycles. The number of nitrogens with one attached hydrogen (secondary N) is 1. The summed E-state index contributed by atoms with van der Waals surface area (Å²) in [7, 11) is 0. The Labute approximate surface area is 111 Å². The summed E-state index contributed by atoms with van der Waals surface area (Å²) in [5.41, 5.74) is 5.95. The zero-order valence-corrected chi connectivity index (χ0v) is 10.4. The number of hydrogen-bond acceptors (Lipinski definition) is 6. The van der Waals surface area contributed by atoms with Crippen molar-refractivity contribution in [2.24, 2.45) is 5.73 Å². The number of allylic oxidation sites excluding steroid dienone is 1. The van der Waals surface area contributed by atoms with Gasteiger partial charge in [0.05, 0.1) is 17.8 Å². The Morgan fingerprint density at radius 2 is 2.42 bits per heavy atom. The van der Waals surface area contributed by atoms with Gasteiger partial charge in [-0.1, -0.05) is 6.07 Å². The second-order valence-corrected chi connectivity index (χ2v) is 4.87. The van der Waals surface area contributed by atoms with Gasteiger partial charge in [-0.3, -0.25) is 4.79 Å². The Morgan fingerprint density at radius 1 is 1.58 bits per heavy atom. The van der Waals surface area contributed by atoms with Crippen molar-refractivity contribution in [1.82, 2.24) is 9.97 Å². The van der Waals surface area contributed by atoms with Gasteiger partial charge in [0.25, 0.3) is 5.56 Å². The first-order valence-electron chi connectivity index (χ1n) is 5.41. The van der Waals surface area contributed by atoms with Crippen LogP contribution in [0, 0.1) is 11.3 Å². The second kappa shape index (κ2) is 4.26. The van der Waals surface area contributed by atoms with Gasteiger partial charge in [-0.15, -0.1) is 11.3 Å². The van der Waals surface area contributed by atoms with E-state index in [1.165, 1.54) is 17.7 Å². The Balaban J connectivity index is 2.31. The molecule has 1 aliphatic rings. The highest BCUT2D eigenvalue weighted by atomic mass is 32.1. The highest BCUT2D eigenvalue weighted by Crippen LogP contribution is 2.40. The van der Waals surface area contributed by atoms with Crippen LogP contribution in [0.15, 0.2) is 40.1 Å². The molecule has 0 bridgehead atoms. The molecule has 7 heteroatoms. The number of aromatic amines is 1. The summed E-state index contributed by atoms with van der Waals surface area (Å²) in [6.07, 6.45) is 1.25. The van der Waals surface area contributed by atoms with Crippen molar-refractivity contribution in [3.05, 3.63) is 56.1 Å². The normalized spacial score (nSPS) is 17.5. The van der Waals surface area contributed by atoms with E-state index in [0.717, 1.165) is 4.88 Å². The monoisotopic (exact) mass is 272 g/mol. The average molecular weight is 272 g/mol. The number of hydrogen-bond donors (Lipinski definition) is 2. The summed E-state index contributed by atoms with van der Waals surface area (Å²) >= 11 is 1.45. The van der Waals surface area contributed by atoms with Gasteiger partial charge in [0.1, 0.15) is 11.6 Å². The van der Waals surface area contributed by atoms with E-state index in [1.807, 2.05) is 23.6 Å². The predicted molar refractivity (Wildman–Crippen MR) is 68.5 cm³/mol. The van der Waals surface area contributed by atoms with Gasteiger partial charge >= 0.3 is 0 Å². The lowest BCUT2D eigenvalue weighted by molar-refractivity contribution is 0.375. The summed E-state index contributed by atoms with van der Waals surface area (Å²) < 4.78 is 5.25. The van der Waals surface area contributed by atoms with Gasteiger partial charge in [-0.05, 0) is 11.4 Å². The Morgan fingerprint density at radius 3 is 3.11 bits per heavy atom. The molecule has 0 fully saturated rings. The second-order valence-electron chi connectivity index (χ2n) is 3.89. The maximum Gasteiger partial charge on any atom is 0.258 e. The Hall–Kier alpha value is -2.59. The zero-order valence-electron chi connectivity index (χ0n) is 9.58. The molecule has 1 aliphatic heterocycles. The van der Waals surface area contributed by atoms with E-state index in [4.69, 9.17) is 10.5 Å². The quantitative estimate of drug-likeness (QED) is 0.807. The number of fused-ring (bicyclic) bond motifs is 1. The molecular formula is C12H8N4O2S. The molecule has 94 valence electrons. The number of nitrogens with two attached hydrogens (primary N) is 1. The van der Waals surface area contributed by atoms with E-state index in [9.17, 15) is 10.1 Å². The molecule has 0 aromatic carbocycles. The molecule has 3 heterocycles. The van der Waals surface area contributed by atoms with Gasteiger partial charge in [0.15, 0.2) is 0 Å². The van der Waals surface area contributed by atoms with Gasteiger partial charge in [0, 0.05) is 4.88 Å². The molecule has 0 amide bonds. The SMILES string of the molecule is N#CC1=C(N)Oc2nc[nH]c(=O)c2[C@H]1c1cccs1. The Kier molecular flexibility index (Phi) is 2.58. The molecule has 2 aromatic rings. The maximum absolute atomic E-state index is 12.0. The smallest absolute Gasteiger partial charge is 0.258 e. The molecule has 3 N–H and O–H groups in total. The maximum atomic E-state index is 12.0. The molecule has 0 saturated carbocycles. The summed E-state index contributed by atoms with van der Waals surface area (Å²) in [6, 6.07) is 5.72. The van der Waals surface area contributed by atoms with Crippen molar-refractivity contribution in [2.75, 3.05) is 0 Å². The third kappa shape index (κ3) is 1.70. The lowest BCUT2D eigenvalue weighted by Crippen LogP contribution is -2.27. The fourth-order valence-electron chi connectivity index (χ4n) is 2.04. The minimum Gasteiger partial charge on any atom is -0.422 e. The van der Waals surface area contributed by atoms with Crippen LogP contribution in [0.25, 0.3) is 0 Å². The molecule has 0 aliphatic carbocycles. The third-order valence-electron chi connectivity index (χ3n) is 2.85. The molecule has 19 heavy (non-hydrogen) atoms. The number of nitrogens with zero attached hydrogens (tertiary/aromatic N) is 2. The van der Waals surface area contributed by atoms with Crippen LogP contribution in [0.3, 0.4) is 0 Å². The van der Waals surface area contributed by atoms with Crippen LogP contribution in [0.5, 0.6) is 5.88 Å². The molecule has 0 spiro atoms. The van der Waals surface area contributed by atoms with Crippen molar-refractivity contribution < 1.29 is 4.74 Å². The number of nitriles is 1. The number of ether oxygens (including phenoxy) is 1.